The van der Waals surface area contributed by atoms with E-state index in [4.69, 9.17) is 5.11 Å². The number of likely N-dealkylation sites (N-methyl/N-ethyl adjacent to an activating group) is 1. The van der Waals surface area contributed by atoms with Gasteiger partial charge in [0.1, 0.15) is 6.54 Å². The van der Waals surface area contributed by atoms with E-state index in [1.807, 2.05) is 4.90 Å². The molecule has 1 atom stereocenters. The van der Waals surface area contributed by atoms with Crippen LogP contribution in [0.25, 0.3) is 0 Å². The predicted molar refractivity (Wildman–Crippen MR) is 87.3 cm³/mol. The first kappa shape index (κ1) is 17.2. The average molecular weight is 337 g/mol. The van der Waals surface area contributed by atoms with Gasteiger partial charge in [0.15, 0.2) is 0 Å². The summed E-state index contributed by atoms with van der Waals surface area (Å²) in [5.74, 6) is -0.601. The molecular formula is C17H27N3O4. The minimum atomic E-state index is -0.974. The Morgan fingerprint density at radius 1 is 1.21 bits per heavy atom. The highest BCUT2D eigenvalue weighted by Gasteiger charge is 2.44. The van der Waals surface area contributed by atoms with Crippen LogP contribution in [-0.4, -0.2) is 82.9 Å². The molecule has 7 nitrogen and oxygen atoms in total. The van der Waals surface area contributed by atoms with Gasteiger partial charge in [-0.1, -0.05) is 6.42 Å². The fourth-order valence-corrected chi connectivity index (χ4v) is 4.13. The number of nitrogens with zero attached hydrogens (tertiary/aromatic N) is 3. The standard InChI is InChI=1S/C17H27N3O4/c1-18-9-10-20(16(24)13-3-2-4-13)12-17(18)6-5-14(21)19(8-7-17)11-15(22)23/h13H,2-12H2,1H3,(H,22,23)/t17-/m1/s1. The molecule has 1 spiro atoms. The first-order valence-electron chi connectivity index (χ1n) is 8.91. The fourth-order valence-electron chi connectivity index (χ4n) is 4.13. The maximum atomic E-state index is 12.6. The molecule has 7 heteroatoms. The molecule has 24 heavy (non-hydrogen) atoms. The summed E-state index contributed by atoms with van der Waals surface area (Å²) >= 11 is 0. The third-order valence-electron chi connectivity index (χ3n) is 6.10. The topological polar surface area (TPSA) is 81.2 Å². The van der Waals surface area contributed by atoms with Gasteiger partial charge in [-0.15, -0.1) is 0 Å². The van der Waals surface area contributed by atoms with Crippen LogP contribution in [0.4, 0.5) is 0 Å². The fraction of sp³-hybridized carbons (Fsp3) is 0.824. The lowest BCUT2D eigenvalue weighted by molar-refractivity contribution is -0.144. The molecule has 1 N–H and O–H groups in total. The molecule has 0 aromatic carbocycles. The maximum Gasteiger partial charge on any atom is 0.323 e. The number of piperazine rings is 1. The molecule has 0 aromatic rings. The van der Waals surface area contributed by atoms with Crippen molar-refractivity contribution in [3.63, 3.8) is 0 Å². The van der Waals surface area contributed by atoms with Crippen LogP contribution in [0.5, 0.6) is 0 Å². The van der Waals surface area contributed by atoms with Crippen LogP contribution in [0.2, 0.25) is 0 Å². The number of rotatable bonds is 3. The first-order chi connectivity index (χ1) is 11.4. The summed E-state index contributed by atoms with van der Waals surface area (Å²) in [5, 5.41) is 8.98. The Hall–Kier alpha value is -1.63. The number of hydrogen-bond donors (Lipinski definition) is 1. The summed E-state index contributed by atoms with van der Waals surface area (Å²) in [6.45, 7) is 2.43. The average Bonchev–Trinajstić information content (AvgIpc) is 2.62. The zero-order valence-electron chi connectivity index (χ0n) is 14.4. The van der Waals surface area contributed by atoms with Crippen molar-refractivity contribution in [3.05, 3.63) is 0 Å². The second kappa shape index (κ2) is 6.70. The zero-order chi connectivity index (χ0) is 17.3. The van der Waals surface area contributed by atoms with E-state index >= 15 is 0 Å². The second-order valence-corrected chi connectivity index (χ2v) is 7.49. The van der Waals surface area contributed by atoms with Crippen molar-refractivity contribution >= 4 is 17.8 Å². The number of carbonyl (C=O) groups is 3. The van der Waals surface area contributed by atoms with Crippen molar-refractivity contribution in [3.8, 4) is 0 Å². The van der Waals surface area contributed by atoms with Gasteiger partial charge in [0.05, 0.1) is 0 Å². The molecule has 2 aliphatic heterocycles. The van der Waals surface area contributed by atoms with Gasteiger partial charge in [0, 0.05) is 44.1 Å². The molecule has 2 saturated heterocycles. The zero-order valence-corrected chi connectivity index (χ0v) is 14.4. The number of carboxylic acids is 1. The number of hydrogen-bond acceptors (Lipinski definition) is 4. The van der Waals surface area contributed by atoms with Gasteiger partial charge in [0.25, 0.3) is 0 Å². The molecule has 3 rings (SSSR count). The Balaban J connectivity index is 1.71. The SMILES string of the molecule is CN1CCN(C(=O)C2CCC2)C[C@]12CCC(=O)N(CC(=O)O)CC2. The normalized spacial score (nSPS) is 29.5. The minimum absolute atomic E-state index is 0.0925. The van der Waals surface area contributed by atoms with Crippen LogP contribution in [-0.2, 0) is 14.4 Å². The van der Waals surface area contributed by atoms with E-state index in [0.717, 1.165) is 38.8 Å². The Morgan fingerprint density at radius 3 is 2.58 bits per heavy atom. The highest BCUT2D eigenvalue weighted by atomic mass is 16.4. The largest absolute Gasteiger partial charge is 0.480 e. The number of carboxylic acid groups (broad SMARTS) is 1. The van der Waals surface area contributed by atoms with E-state index in [0.29, 0.717) is 25.9 Å². The summed E-state index contributed by atoms with van der Waals surface area (Å²) in [4.78, 5) is 41.5. The van der Waals surface area contributed by atoms with Crippen molar-refractivity contribution in [2.24, 2.45) is 5.92 Å². The van der Waals surface area contributed by atoms with Crippen LogP contribution >= 0.6 is 0 Å². The van der Waals surface area contributed by atoms with Crippen LogP contribution in [0.15, 0.2) is 0 Å². The number of carbonyl (C=O) groups excluding carboxylic acids is 2. The van der Waals surface area contributed by atoms with E-state index in [-0.39, 0.29) is 29.8 Å². The second-order valence-electron chi connectivity index (χ2n) is 7.49. The van der Waals surface area contributed by atoms with Gasteiger partial charge in [-0.05, 0) is 32.7 Å². The molecule has 0 bridgehead atoms. The molecule has 2 amide bonds. The minimum Gasteiger partial charge on any atom is -0.480 e. The Labute approximate surface area is 142 Å². The van der Waals surface area contributed by atoms with Crippen molar-refractivity contribution in [1.29, 1.82) is 0 Å². The van der Waals surface area contributed by atoms with Crippen molar-refractivity contribution < 1.29 is 19.5 Å². The van der Waals surface area contributed by atoms with Gasteiger partial charge in [-0.3, -0.25) is 19.3 Å². The predicted octanol–water partition coefficient (Wildman–Crippen LogP) is 0.396. The molecular weight excluding hydrogens is 310 g/mol. The Bertz CT molecular complexity index is 534. The van der Waals surface area contributed by atoms with Gasteiger partial charge >= 0.3 is 5.97 Å². The summed E-state index contributed by atoms with van der Waals surface area (Å²) in [7, 11) is 2.06. The van der Waals surface area contributed by atoms with E-state index in [2.05, 4.69) is 11.9 Å². The van der Waals surface area contributed by atoms with Gasteiger partial charge in [-0.25, -0.2) is 0 Å². The summed E-state index contributed by atoms with van der Waals surface area (Å²) < 4.78 is 0. The van der Waals surface area contributed by atoms with Crippen LogP contribution in [0, 0.1) is 5.92 Å². The Kier molecular flexibility index (Phi) is 4.80. The molecule has 1 aliphatic carbocycles. The van der Waals surface area contributed by atoms with E-state index < -0.39 is 5.97 Å². The van der Waals surface area contributed by atoms with E-state index in [1.54, 1.807) is 0 Å². The first-order valence-corrected chi connectivity index (χ1v) is 8.91. The molecule has 1 saturated carbocycles. The lowest BCUT2D eigenvalue weighted by Gasteiger charge is -2.50. The number of likely N-dealkylation sites (tertiary alicyclic amines) is 1. The van der Waals surface area contributed by atoms with Crippen molar-refractivity contribution in [2.75, 3.05) is 39.8 Å². The molecule has 134 valence electrons. The van der Waals surface area contributed by atoms with E-state index in [9.17, 15) is 14.4 Å². The van der Waals surface area contributed by atoms with Crippen molar-refractivity contribution in [2.45, 2.75) is 44.1 Å². The quantitative estimate of drug-likeness (QED) is 0.806. The number of aliphatic carboxylic acids is 1. The third-order valence-corrected chi connectivity index (χ3v) is 6.10. The van der Waals surface area contributed by atoms with Gasteiger partial charge < -0.3 is 14.9 Å². The third kappa shape index (κ3) is 3.27. The lowest BCUT2D eigenvalue weighted by Crippen LogP contribution is -2.63. The van der Waals surface area contributed by atoms with Gasteiger partial charge in [-0.2, -0.15) is 0 Å². The van der Waals surface area contributed by atoms with Gasteiger partial charge in [0.2, 0.25) is 11.8 Å². The highest BCUT2D eigenvalue weighted by Crippen LogP contribution is 2.35. The molecule has 0 radical (unpaired) electrons. The van der Waals surface area contributed by atoms with Crippen LogP contribution in [0.1, 0.15) is 38.5 Å². The monoisotopic (exact) mass is 337 g/mol. The lowest BCUT2D eigenvalue weighted by atomic mass is 9.82. The number of amides is 2. The summed E-state index contributed by atoms with van der Waals surface area (Å²) in [6.07, 6.45) is 4.91. The van der Waals surface area contributed by atoms with E-state index in [1.165, 1.54) is 4.90 Å². The molecule has 0 unspecified atom stereocenters. The smallest absolute Gasteiger partial charge is 0.323 e. The molecule has 2 heterocycles. The molecule has 0 aromatic heterocycles. The molecule has 3 fully saturated rings. The highest BCUT2D eigenvalue weighted by molar-refractivity contribution is 5.82. The van der Waals surface area contributed by atoms with Crippen molar-refractivity contribution in [1.82, 2.24) is 14.7 Å². The van der Waals surface area contributed by atoms with Crippen LogP contribution in [0.3, 0.4) is 0 Å². The maximum absolute atomic E-state index is 12.6. The Morgan fingerprint density at radius 2 is 1.96 bits per heavy atom. The summed E-state index contributed by atoms with van der Waals surface area (Å²) in [5.41, 5.74) is -0.208. The van der Waals surface area contributed by atoms with Crippen LogP contribution < -0.4 is 0 Å². The summed E-state index contributed by atoms with van der Waals surface area (Å²) in [6, 6.07) is 0. The molecule has 3 aliphatic rings.